The highest BCUT2D eigenvalue weighted by Gasteiger charge is 2.37. The first-order valence-corrected chi connectivity index (χ1v) is 33.7. The van der Waals surface area contributed by atoms with E-state index in [-0.39, 0.29) is 21.7 Å². The molecule has 0 spiro atoms. The maximum Gasteiger partial charge on any atom is 0.0769 e. The number of allylic oxidation sites excluding steroid dienone is 4. The van der Waals surface area contributed by atoms with Gasteiger partial charge in [0.15, 0.2) is 0 Å². The molecule has 2 aliphatic rings. The Balaban J connectivity index is 1.80. The van der Waals surface area contributed by atoms with Gasteiger partial charge in [0.25, 0.3) is 0 Å². The van der Waals surface area contributed by atoms with E-state index >= 15 is 0 Å². The van der Waals surface area contributed by atoms with Gasteiger partial charge in [0.05, 0.1) is 44.8 Å². The fourth-order valence-electron chi connectivity index (χ4n) is 18.2. The van der Waals surface area contributed by atoms with Crippen molar-refractivity contribution in [2.45, 2.75) is 271 Å². The Kier molecular flexibility index (Phi) is 16.6. The van der Waals surface area contributed by atoms with Crippen LogP contribution in [0.5, 0.6) is 0 Å². The van der Waals surface area contributed by atoms with Crippen LogP contribution in [0.25, 0.3) is 88.9 Å². The van der Waals surface area contributed by atoms with Gasteiger partial charge in [-0.05, 0) is 366 Å². The summed E-state index contributed by atoms with van der Waals surface area (Å²) in [5, 5.41) is 0. The summed E-state index contributed by atoms with van der Waals surface area (Å²) in [5.74, 6) is 0. The van der Waals surface area contributed by atoms with Crippen molar-refractivity contribution in [3.63, 3.8) is 0 Å². The lowest BCUT2D eigenvalue weighted by atomic mass is 9.75. The van der Waals surface area contributed by atoms with Gasteiger partial charge in [-0.2, -0.15) is 0 Å². The molecular weight excluding hydrogens is 1090 g/mol. The van der Waals surface area contributed by atoms with Crippen molar-refractivity contribution in [1.82, 2.24) is 19.1 Å². The zero-order chi connectivity index (χ0) is 68.0. The van der Waals surface area contributed by atoms with Crippen LogP contribution >= 0.6 is 0 Å². The van der Waals surface area contributed by atoms with Crippen LogP contribution in [0.3, 0.4) is 0 Å². The number of hydrogen-bond acceptors (Lipinski definition) is 2. The molecule has 0 saturated carbocycles. The first-order chi connectivity index (χ1) is 41.1. The molecule has 0 aliphatic carbocycles. The molecule has 0 N–H and O–H groups in total. The Bertz CT molecular complexity index is 3920. The van der Waals surface area contributed by atoms with E-state index in [0.717, 1.165) is 22.8 Å². The minimum absolute atomic E-state index is 0.0550. The van der Waals surface area contributed by atoms with E-state index < -0.39 is 0 Å². The van der Waals surface area contributed by atoms with Crippen LogP contribution in [0.15, 0.2) is 0 Å². The molecule has 2 aliphatic heterocycles. The van der Waals surface area contributed by atoms with Crippen LogP contribution in [-0.2, 0) is 35.8 Å². The molecule has 4 heteroatoms. The molecule has 7 aromatic rings. The highest BCUT2D eigenvalue weighted by molar-refractivity contribution is 6.11. The summed E-state index contributed by atoms with van der Waals surface area (Å²) in [6, 6.07) is 0. The van der Waals surface area contributed by atoms with Gasteiger partial charge in [-0.15, -0.1) is 0 Å². The monoisotopic (exact) mass is 1200 g/mol. The summed E-state index contributed by atoms with van der Waals surface area (Å²) in [6.45, 7) is 85.8. The van der Waals surface area contributed by atoms with Gasteiger partial charge < -0.3 is 9.13 Å². The fourth-order valence-corrected chi connectivity index (χ4v) is 18.2. The fraction of sp³-hybridized carbons (Fsp3) is 0.488. The molecule has 4 aromatic carbocycles. The number of fused-ring (bicyclic) bond motifs is 8. The molecule has 4 nitrogen and oxygen atoms in total. The minimum Gasteiger partial charge on any atom is -0.343 e. The second kappa shape index (κ2) is 22.1. The summed E-state index contributed by atoms with van der Waals surface area (Å²) < 4.78 is 5.20. The van der Waals surface area contributed by atoms with Crippen LogP contribution in [-0.4, -0.2) is 19.1 Å². The third kappa shape index (κ3) is 9.68. The first-order valence-electron chi connectivity index (χ1n) is 33.7. The van der Waals surface area contributed by atoms with Crippen LogP contribution < -0.4 is 0 Å². The smallest absolute Gasteiger partial charge is 0.0769 e. The van der Waals surface area contributed by atoms with Crippen LogP contribution in [0.1, 0.15) is 267 Å². The van der Waals surface area contributed by atoms with Crippen molar-refractivity contribution in [2.24, 2.45) is 14.1 Å². The second-order valence-corrected chi connectivity index (χ2v) is 32.6. The van der Waals surface area contributed by atoms with E-state index in [2.05, 4.69) is 272 Å². The summed E-state index contributed by atoms with van der Waals surface area (Å²) in [5.41, 5.74) is 55.8. The molecule has 0 fully saturated rings. The summed E-state index contributed by atoms with van der Waals surface area (Å²) in [7, 11) is 4.73. The molecule has 0 saturated heterocycles. The Morgan fingerprint density at radius 2 is 0.322 bits per heavy atom. The van der Waals surface area contributed by atoms with Gasteiger partial charge in [-0.3, -0.25) is 0 Å². The van der Waals surface area contributed by atoms with Gasteiger partial charge >= 0.3 is 0 Å². The zero-order valence-electron chi connectivity index (χ0n) is 63.8. The number of rotatable bonds is 4. The van der Waals surface area contributed by atoms with Gasteiger partial charge in [0.1, 0.15) is 0 Å². The van der Waals surface area contributed by atoms with E-state index in [9.17, 15) is 0 Å². The Morgan fingerprint density at radius 3 is 0.444 bits per heavy atom. The maximum atomic E-state index is 6.41. The van der Waals surface area contributed by atoms with E-state index in [0.29, 0.717) is 0 Å². The summed E-state index contributed by atoms with van der Waals surface area (Å²) >= 11 is 0. The van der Waals surface area contributed by atoms with Crippen LogP contribution in [0.2, 0.25) is 0 Å². The molecule has 8 bridgehead atoms. The summed E-state index contributed by atoms with van der Waals surface area (Å²) in [6.07, 6.45) is 0. The largest absolute Gasteiger partial charge is 0.343 e. The van der Waals surface area contributed by atoms with Gasteiger partial charge in [-0.25, -0.2) is 9.97 Å². The molecule has 0 atom stereocenters. The average Bonchev–Trinajstić information content (AvgIpc) is 1.53. The molecule has 9 rings (SSSR count). The number of nitrogens with zero attached hydrogens (tertiary/aromatic N) is 4. The lowest BCUT2D eigenvalue weighted by molar-refractivity contribution is 0.580. The van der Waals surface area contributed by atoms with Crippen molar-refractivity contribution in [1.29, 1.82) is 0 Å². The van der Waals surface area contributed by atoms with Crippen LogP contribution in [0.4, 0.5) is 0 Å². The standard InChI is InChI=1S/C86H114N4/c1-39-47(9)71(83(25,26)27)48(10)40(2)63(39)67-75-55(17)56(18)76(87-75)68(64-41(3)49(11)72(84(28,29)30)50(12)42(64)4)81-61(23)62(24)82(90(81)38)70(66-45(7)53(15)74(86(34,35)36)54(16)46(66)8)78-58(20)57(19)77(88-78)69(80-60(22)59(21)79(67)89(80)37)65-43(5)51(13)73(85(31,32)33)52(14)44(65)6/h1-38H3. The van der Waals surface area contributed by atoms with E-state index in [1.54, 1.807) is 0 Å². The molecular formula is C86H114N4. The molecule has 0 unspecified atom stereocenters. The molecule has 0 radical (unpaired) electrons. The second-order valence-electron chi connectivity index (χ2n) is 32.6. The molecule has 478 valence electrons. The number of hydrogen-bond donors (Lipinski definition) is 0. The Morgan fingerprint density at radius 1 is 0.189 bits per heavy atom. The van der Waals surface area contributed by atoms with E-state index in [1.165, 1.54) is 222 Å². The maximum absolute atomic E-state index is 6.41. The number of aromatic nitrogens is 4. The van der Waals surface area contributed by atoms with Crippen molar-refractivity contribution < 1.29 is 0 Å². The molecule has 5 heterocycles. The molecule has 90 heavy (non-hydrogen) atoms. The Hall–Kier alpha value is -6.52. The Labute approximate surface area is 546 Å². The number of aryl methyl sites for hydroxylation is 6. The van der Waals surface area contributed by atoms with Gasteiger partial charge in [-0.1, -0.05) is 83.1 Å². The topological polar surface area (TPSA) is 35.6 Å². The lowest BCUT2D eigenvalue weighted by Crippen LogP contribution is -2.18. The normalized spacial score (nSPS) is 13.6. The lowest BCUT2D eigenvalue weighted by Gasteiger charge is -2.30. The third-order valence-corrected chi connectivity index (χ3v) is 23.3. The zero-order valence-corrected chi connectivity index (χ0v) is 63.8. The van der Waals surface area contributed by atoms with Gasteiger partial charge in [0.2, 0.25) is 0 Å². The SMILES string of the molecule is CC1=C(C)c2nc1c(-c1c(C)c(C)c(C(C)(C)C)c(C)c1C)c1c(C)c(C)c(c(-c3c(C)c(C)c(C(C)(C)C)c(C)c3C)c3nc(c(-c4c(C)c(C)c(C(C)(C)C)c(C)c4C)c4c(C)c(C)c(c2-c2c(C)c(C)c(C(C)(C)C)c(C)c2C)n4C)C(C)=C3C)n1C. The predicted molar refractivity (Wildman–Crippen MR) is 398 cm³/mol. The average molecular weight is 1200 g/mol. The van der Waals surface area contributed by atoms with Crippen molar-refractivity contribution in [3.8, 4) is 44.5 Å². The molecule has 3 aromatic heterocycles. The summed E-state index contributed by atoms with van der Waals surface area (Å²) in [4.78, 5) is 12.8. The molecule has 0 amide bonds. The van der Waals surface area contributed by atoms with Gasteiger partial charge in [0, 0.05) is 36.3 Å². The highest BCUT2D eigenvalue weighted by atomic mass is 15.0. The van der Waals surface area contributed by atoms with E-state index in [4.69, 9.17) is 9.97 Å². The quantitative estimate of drug-likeness (QED) is 0.176. The van der Waals surface area contributed by atoms with Crippen molar-refractivity contribution >= 4 is 44.4 Å². The van der Waals surface area contributed by atoms with Crippen LogP contribution in [0, 0.1) is 138 Å². The predicted octanol–water partition coefficient (Wildman–Crippen LogP) is 24.3. The third-order valence-electron chi connectivity index (χ3n) is 23.3. The van der Waals surface area contributed by atoms with Crippen molar-refractivity contribution in [3.05, 3.63) is 156 Å². The minimum atomic E-state index is -0.0550. The number of benzene rings is 4. The first kappa shape index (κ1) is 67.9. The van der Waals surface area contributed by atoms with Crippen molar-refractivity contribution in [2.75, 3.05) is 0 Å². The highest BCUT2D eigenvalue weighted by Crippen LogP contribution is 2.54. The van der Waals surface area contributed by atoms with E-state index in [1.807, 2.05) is 0 Å².